The highest BCUT2D eigenvalue weighted by Gasteiger charge is 2.13. The lowest BCUT2D eigenvalue weighted by atomic mass is 10.1. The summed E-state index contributed by atoms with van der Waals surface area (Å²) in [6, 6.07) is 8.97. The second kappa shape index (κ2) is 5.84. The van der Waals surface area contributed by atoms with Gasteiger partial charge in [-0.2, -0.15) is 5.10 Å². The molecule has 2 rings (SSSR count). The lowest BCUT2D eigenvalue weighted by molar-refractivity contribution is 0.477. The van der Waals surface area contributed by atoms with Crippen molar-refractivity contribution in [3.8, 4) is 0 Å². The zero-order valence-electron chi connectivity index (χ0n) is 11.9. The molecule has 0 amide bonds. The number of hydrogen-bond donors (Lipinski definition) is 2. The van der Waals surface area contributed by atoms with Gasteiger partial charge in [-0.05, 0) is 31.5 Å². The number of anilines is 1. The minimum absolute atomic E-state index is 0.144. The van der Waals surface area contributed by atoms with Crippen LogP contribution in [0.3, 0.4) is 0 Å². The minimum Gasteiger partial charge on any atom is -0.378 e. The quantitative estimate of drug-likeness (QED) is 0.865. The van der Waals surface area contributed by atoms with E-state index in [1.165, 1.54) is 17.6 Å². The van der Waals surface area contributed by atoms with Gasteiger partial charge in [0.25, 0.3) is 0 Å². The first-order chi connectivity index (χ1) is 9.08. The van der Waals surface area contributed by atoms with Gasteiger partial charge in [0, 0.05) is 25.8 Å². The van der Waals surface area contributed by atoms with Crippen LogP contribution in [0.1, 0.15) is 37.3 Å². The van der Waals surface area contributed by atoms with E-state index in [9.17, 15) is 0 Å². The molecule has 0 saturated carbocycles. The number of hydrogen-bond acceptors (Lipinski definition) is 4. The van der Waals surface area contributed by atoms with Crippen molar-refractivity contribution in [1.82, 2.24) is 20.5 Å². The van der Waals surface area contributed by atoms with Gasteiger partial charge in [0.15, 0.2) is 0 Å². The lowest BCUT2D eigenvalue weighted by Gasteiger charge is -2.20. The number of H-pyrrole nitrogens is 1. The molecule has 0 aliphatic heterocycles. The average molecular weight is 259 g/mol. The molecule has 2 N–H and O–H groups in total. The maximum absolute atomic E-state index is 4.16. The monoisotopic (exact) mass is 259 g/mol. The van der Waals surface area contributed by atoms with Crippen LogP contribution in [-0.2, 0) is 0 Å². The molecule has 1 aromatic carbocycles. The second-order valence-electron chi connectivity index (χ2n) is 4.97. The molecular weight excluding hydrogens is 238 g/mol. The summed E-state index contributed by atoms with van der Waals surface area (Å²) in [6.45, 7) is 4.22. The van der Waals surface area contributed by atoms with E-state index in [0.717, 1.165) is 5.82 Å². The topological polar surface area (TPSA) is 56.8 Å². The Kier molecular flexibility index (Phi) is 4.16. The van der Waals surface area contributed by atoms with Crippen molar-refractivity contribution < 1.29 is 0 Å². The number of nitrogens with one attached hydrogen (secondary N) is 2. The van der Waals surface area contributed by atoms with Crippen molar-refractivity contribution in [3.05, 3.63) is 42.0 Å². The highest BCUT2D eigenvalue weighted by atomic mass is 15.2. The number of benzene rings is 1. The molecule has 0 saturated heterocycles. The van der Waals surface area contributed by atoms with E-state index < -0.39 is 0 Å². The first kappa shape index (κ1) is 13.5. The first-order valence-corrected chi connectivity index (χ1v) is 6.46. The molecule has 19 heavy (non-hydrogen) atoms. The Bertz CT molecular complexity index is 489. The van der Waals surface area contributed by atoms with Gasteiger partial charge in [-0.1, -0.05) is 12.1 Å². The van der Waals surface area contributed by atoms with Crippen molar-refractivity contribution in [2.24, 2.45) is 0 Å². The predicted octanol–water partition coefficient (Wildman–Crippen LogP) is 2.28. The third kappa shape index (κ3) is 3.32. The fraction of sp³-hybridized carbons (Fsp3) is 0.429. The molecular formula is C14H21N5. The van der Waals surface area contributed by atoms with Crippen LogP contribution < -0.4 is 10.2 Å². The molecule has 1 aromatic heterocycles. The van der Waals surface area contributed by atoms with Crippen LogP contribution >= 0.6 is 0 Å². The van der Waals surface area contributed by atoms with Gasteiger partial charge in [-0.15, -0.1) is 0 Å². The van der Waals surface area contributed by atoms with E-state index in [1.807, 2.05) is 14.1 Å². The third-order valence-electron chi connectivity index (χ3n) is 3.25. The maximum atomic E-state index is 4.16. The van der Waals surface area contributed by atoms with Gasteiger partial charge in [-0.3, -0.25) is 5.10 Å². The molecule has 0 radical (unpaired) electrons. The molecule has 102 valence electrons. The van der Waals surface area contributed by atoms with Gasteiger partial charge in [0.2, 0.25) is 0 Å². The van der Waals surface area contributed by atoms with Crippen molar-refractivity contribution in [2.45, 2.75) is 25.9 Å². The fourth-order valence-electron chi connectivity index (χ4n) is 2.03. The van der Waals surface area contributed by atoms with E-state index in [2.05, 4.69) is 63.5 Å². The highest BCUT2D eigenvalue weighted by Crippen LogP contribution is 2.20. The van der Waals surface area contributed by atoms with Crippen molar-refractivity contribution >= 4 is 5.69 Å². The Morgan fingerprint density at radius 2 is 1.79 bits per heavy atom. The molecule has 0 bridgehead atoms. The molecule has 2 aromatic rings. The maximum Gasteiger partial charge on any atom is 0.141 e. The largest absolute Gasteiger partial charge is 0.378 e. The standard InChI is InChI=1S/C14H21N5/c1-10(17-11(2)14-15-9-16-18-14)12-5-7-13(8-6-12)19(3)4/h5-11,17H,1-4H3,(H,15,16,18). The fourth-order valence-corrected chi connectivity index (χ4v) is 2.03. The lowest BCUT2D eigenvalue weighted by Crippen LogP contribution is -2.23. The summed E-state index contributed by atoms with van der Waals surface area (Å²) in [4.78, 5) is 6.26. The number of rotatable bonds is 5. The van der Waals surface area contributed by atoms with E-state index in [1.54, 1.807) is 0 Å². The van der Waals surface area contributed by atoms with Crippen molar-refractivity contribution in [3.63, 3.8) is 0 Å². The highest BCUT2D eigenvalue weighted by molar-refractivity contribution is 5.46. The van der Waals surface area contributed by atoms with Gasteiger partial charge in [0.05, 0.1) is 6.04 Å². The summed E-state index contributed by atoms with van der Waals surface area (Å²) >= 11 is 0. The molecule has 5 heteroatoms. The van der Waals surface area contributed by atoms with Crippen molar-refractivity contribution in [1.29, 1.82) is 0 Å². The van der Waals surface area contributed by atoms with Crippen LogP contribution in [0.2, 0.25) is 0 Å². The summed E-state index contributed by atoms with van der Waals surface area (Å²) in [7, 11) is 4.09. The summed E-state index contributed by atoms with van der Waals surface area (Å²) in [6.07, 6.45) is 1.53. The third-order valence-corrected chi connectivity index (χ3v) is 3.25. The molecule has 0 aliphatic carbocycles. The second-order valence-corrected chi connectivity index (χ2v) is 4.97. The Hall–Kier alpha value is -1.88. The summed E-state index contributed by atoms with van der Waals surface area (Å²) < 4.78 is 0. The molecule has 2 unspecified atom stereocenters. The minimum atomic E-state index is 0.144. The SMILES string of the molecule is CC(NC(C)c1ncn[nH]1)c1ccc(N(C)C)cc1. The average Bonchev–Trinajstić information content (AvgIpc) is 2.92. The van der Waals surface area contributed by atoms with E-state index in [-0.39, 0.29) is 12.1 Å². The van der Waals surface area contributed by atoms with Gasteiger partial charge < -0.3 is 10.2 Å². The zero-order chi connectivity index (χ0) is 13.8. The molecule has 2 atom stereocenters. The summed E-state index contributed by atoms with van der Waals surface area (Å²) in [5, 5.41) is 10.3. The molecule has 0 aliphatic rings. The molecule has 1 heterocycles. The van der Waals surface area contributed by atoms with Crippen LogP contribution in [0, 0.1) is 0 Å². The molecule has 0 fully saturated rings. The van der Waals surface area contributed by atoms with Gasteiger partial charge in [-0.25, -0.2) is 4.98 Å². The Morgan fingerprint density at radius 3 is 2.32 bits per heavy atom. The predicted molar refractivity (Wildman–Crippen MR) is 77.1 cm³/mol. The van der Waals surface area contributed by atoms with E-state index in [4.69, 9.17) is 0 Å². The van der Waals surface area contributed by atoms with Crippen LogP contribution in [-0.4, -0.2) is 29.3 Å². The van der Waals surface area contributed by atoms with Crippen LogP contribution in [0.4, 0.5) is 5.69 Å². The first-order valence-electron chi connectivity index (χ1n) is 6.46. The Morgan fingerprint density at radius 1 is 1.11 bits per heavy atom. The van der Waals surface area contributed by atoms with Crippen LogP contribution in [0.15, 0.2) is 30.6 Å². The molecule has 5 nitrogen and oxygen atoms in total. The van der Waals surface area contributed by atoms with Crippen molar-refractivity contribution in [2.75, 3.05) is 19.0 Å². The van der Waals surface area contributed by atoms with Gasteiger partial charge in [0.1, 0.15) is 12.2 Å². The zero-order valence-corrected chi connectivity index (χ0v) is 11.9. The van der Waals surface area contributed by atoms with Crippen LogP contribution in [0.25, 0.3) is 0 Å². The van der Waals surface area contributed by atoms with Crippen LogP contribution in [0.5, 0.6) is 0 Å². The summed E-state index contributed by atoms with van der Waals surface area (Å²) in [5.41, 5.74) is 2.47. The van der Waals surface area contributed by atoms with Gasteiger partial charge >= 0.3 is 0 Å². The Labute approximate surface area is 114 Å². The van der Waals surface area contributed by atoms with E-state index >= 15 is 0 Å². The number of aromatic nitrogens is 3. The normalized spacial score (nSPS) is 14.1. The summed E-state index contributed by atoms with van der Waals surface area (Å²) in [5.74, 6) is 0.858. The number of aromatic amines is 1. The molecule has 0 spiro atoms. The Balaban J connectivity index is 2.01. The van der Waals surface area contributed by atoms with E-state index in [0.29, 0.717) is 0 Å². The smallest absolute Gasteiger partial charge is 0.141 e. The number of nitrogens with zero attached hydrogens (tertiary/aromatic N) is 3.